The van der Waals surface area contributed by atoms with E-state index in [1.807, 2.05) is 13.8 Å². The monoisotopic (exact) mass is 357 g/mol. The topological polar surface area (TPSA) is 38.3 Å². The van der Waals surface area contributed by atoms with Crippen molar-refractivity contribution in [1.29, 1.82) is 0 Å². The summed E-state index contributed by atoms with van der Waals surface area (Å²) in [4.78, 5) is 12.1. The van der Waals surface area contributed by atoms with Gasteiger partial charge >= 0.3 is 6.18 Å². The van der Waals surface area contributed by atoms with Crippen LogP contribution in [0.2, 0.25) is 5.02 Å². The normalized spacial score (nSPS) is 11.5. The molecule has 0 aliphatic heterocycles. The van der Waals surface area contributed by atoms with Gasteiger partial charge in [-0.1, -0.05) is 11.6 Å². The fraction of sp³-hybridized carbons (Fsp3) is 0.235. The number of halogens is 4. The molecular weight excluding hydrogens is 343 g/mol. The Morgan fingerprint density at radius 2 is 1.75 bits per heavy atom. The second-order valence-electron chi connectivity index (χ2n) is 5.34. The van der Waals surface area contributed by atoms with Crippen LogP contribution in [-0.2, 0) is 6.18 Å². The summed E-state index contributed by atoms with van der Waals surface area (Å²) in [5.41, 5.74) is -0.684. The van der Waals surface area contributed by atoms with Crippen molar-refractivity contribution in [3.63, 3.8) is 0 Å². The third-order valence-electron chi connectivity index (χ3n) is 3.02. The number of rotatable bonds is 4. The van der Waals surface area contributed by atoms with Gasteiger partial charge in [-0.2, -0.15) is 13.2 Å². The molecular formula is C17H15ClF3NO2. The smallest absolute Gasteiger partial charge is 0.417 e. The fourth-order valence-electron chi connectivity index (χ4n) is 1.98. The number of hydrogen-bond donors (Lipinski definition) is 1. The second-order valence-corrected chi connectivity index (χ2v) is 5.74. The molecule has 0 aliphatic carbocycles. The third-order valence-corrected chi connectivity index (χ3v) is 3.35. The molecule has 0 heterocycles. The van der Waals surface area contributed by atoms with E-state index in [-0.39, 0.29) is 11.8 Å². The standard InChI is InChI=1S/C17H15ClF3NO2/c1-10(2)24-13-6-3-11(4-7-13)16(23)22-12-5-8-15(18)14(9-12)17(19,20)21/h3-10H,1-2H3,(H,22,23). The molecule has 0 aromatic heterocycles. The first-order chi connectivity index (χ1) is 11.2. The lowest BCUT2D eigenvalue weighted by Crippen LogP contribution is -2.13. The largest absolute Gasteiger partial charge is 0.491 e. The van der Waals surface area contributed by atoms with Gasteiger partial charge in [-0.15, -0.1) is 0 Å². The lowest BCUT2D eigenvalue weighted by Gasteiger charge is -2.12. The van der Waals surface area contributed by atoms with Gasteiger partial charge in [-0.3, -0.25) is 4.79 Å². The van der Waals surface area contributed by atoms with E-state index >= 15 is 0 Å². The summed E-state index contributed by atoms with van der Waals surface area (Å²) in [5.74, 6) is 0.0777. The van der Waals surface area contributed by atoms with E-state index in [4.69, 9.17) is 16.3 Å². The number of amides is 1. The highest BCUT2D eigenvalue weighted by Crippen LogP contribution is 2.36. The number of hydrogen-bond acceptors (Lipinski definition) is 2. The van der Waals surface area contributed by atoms with E-state index < -0.39 is 22.7 Å². The lowest BCUT2D eigenvalue weighted by molar-refractivity contribution is -0.137. The number of anilines is 1. The number of carbonyl (C=O) groups excluding carboxylic acids is 1. The summed E-state index contributed by atoms with van der Waals surface area (Å²) in [7, 11) is 0. The van der Waals surface area contributed by atoms with Crippen LogP contribution in [0.4, 0.5) is 18.9 Å². The van der Waals surface area contributed by atoms with E-state index in [0.717, 1.165) is 12.1 Å². The Morgan fingerprint density at radius 1 is 1.12 bits per heavy atom. The van der Waals surface area contributed by atoms with Gasteiger partial charge in [0.2, 0.25) is 0 Å². The summed E-state index contributed by atoms with van der Waals surface area (Å²) in [6.07, 6.45) is -4.59. The van der Waals surface area contributed by atoms with Crippen molar-refractivity contribution >= 4 is 23.2 Å². The van der Waals surface area contributed by atoms with E-state index in [9.17, 15) is 18.0 Å². The number of alkyl halides is 3. The van der Waals surface area contributed by atoms with Crippen molar-refractivity contribution in [3.05, 3.63) is 58.6 Å². The minimum Gasteiger partial charge on any atom is -0.491 e. The van der Waals surface area contributed by atoms with Crippen LogP contribution in [0, 0.1) is 0 Å². The molecule has 7 heteroatoms. The predicted molar refractivity (Wildman–Crippen MR) is 86.6 cm³/mol. The van der Waals surface area contributed by atoms with Gasteiger partial charge in [0.05, 0.1) is 16.7 Å². The average Bonchev–Trinajstić information content (AvgIpc) is 2.48. The van der Waals surface area contributed by atoms with Gasteiger partial charge in [-0.05, 0) is 56.3 Å². The first kappa shape index (κ1) is 18.1. The average molecular weight is 358 g/mol. The first-order valence-corrected chi connectivity index (χ1v) is 7.49. The summed E-state index contributed by atoms with van der Waals surface area (Å²) in [6, 6.07) is 9.53. The van der Waals surface area contributed by atoms with Gasteiger partial charge in [-0.25, -0.2) is 0 Å². The SMILES string of the molecule is CC(C)Oc1ccc(C(=O)Nc2ccc(Cl)c(C(F)(F)F)c2)cc1. The molecule has 3 nitrogen and oxygen atoms in total. The third kappa shape index (κ3) is 4.64. The van der Waals surface area contributed by atoms with Gasteiger partial charge in [0.15, 0.2) is 0 Å². The highest BCUT2D eigenvalue weighted by Gasteiger charge is 2.33. The van der Waals surface area contributed by atoms with Gasteiger partial charge in [0, 0.05) is 11.3 Å². The van der Waals surface area contributed by atoms with Crippen molar-refractivity contribution in [2.45, 2.75) is 26.1 Å². The van der Waals surface area contributed by atoms with Crippen LogP contribution in [0.1, 0.15) is 29.8 Å². The maximum Gasteiger partial charge on any atom is 0.417 e. The quantitative estimate of drug-likeness (QED) is 0.795. The zero-order chi connectivity index (χ0) is 17.9. The number of carbonyl (C=O) groups is 1. The van der Waals surface area contributed by atoms with E-state index in [2.05, 4.69) is 5.32 Å². The lowest BCUT2D eigenvalue weighted by atomic mass is 10.1. The van der Waals surface area contributed by atoms with E-state index in [1.54, 1.807) is 12.1 Å². The van der Waals surface area contributed by atoms with Crippen LogP contribution in [0.15, 0.2) is 42.5 Å². The molecule has 2 aromatic rings. The minimum atomic E-state index is -4.59. The van der Waals surface area contributed by atoms with Crippen LogP contribution in [0.5, 0.6) is 5.75 Å². The molecule has 1 amide bonds. The zero-order valence-electron chi connectivity index (χ0n) is 12.9. The number of benzene rings is 2. The van der Waals surface area contributed by atoms with Crippen LogP contribution in [-0.4, -0.2) is 12.0 Å². The highest BCUT2D eigenvalue weighted by molar-refractivity contribution is 6.31. The molecule has 0 spiro atoms. The summed E-state index contributed by atoms with van der Waals surface area (Å²) >= 11 is 5.55. The van der Waals surface area contributed by atoms with Crippen LogP contribution in [0.3, 0.4) is 0 Å². The summed E-state index contributed by atoms with van der Waals surface area (Å²) in [5, 5.41) is 2.00. The fourth-order valence-corrected chi connectivity index (χ4v) is 2.21. The number of nitrogens with one attached hydrogen (secondary N) is 1. The zero-order valence-corrected chi connectivity index (χ0v) is 13.7. The molecule has 0 radical (unpaired) electrons. The minimum absolute atomic E-state index is 0.000432. The molecule has 0 aliphatic rings. The van der Waals surface area contributed by atoms with Gasteiger partial charge in [0.25, 0.3) is 5.91 Å². The summed E-state index contributed by atoms with van der Waals surface area (Å²) in [6.45, 7) is 3.75. The Labute approximate surface area is 142 Å². The van der Waals surface area contributed by atoms with Crippen LogP contribution in [0.25, 0.3) is 0 Å². The van der Waals surface area contributed by atoms with Gasteiger partial charge < -0.3 is 10.1 Å². The van der Waals surface area contributed by atoms with Crippen LogP contribution >= 0.6 is 11.6 Å². The highest BCUT2D eigenvalue weighted by atomic mass is 35.5. The Hall–Kier alpha value is -2.21. The molecule has 0 fully saturated rings. The van der Waals surface area contributed by atoms with Crippen molar-refractivity contribution in [2.75, 3.05) is 5.32 Å². The molecule has 2 aromatic carbocycles. The Bertz CT molecular complexity index is 728. The Balaban J connectivity index is 2.15. The molecule has 0 unspecified atom stereocenters. The van der Waals surface area contributed by atoms with Crippen LogP contribution < -0.4 is 10.1 Å². The molecule has 0 saturated heterocycles. The van der Waals surface area contributed by atoms with Crippen molar-refractivity contribution < 1.29 is 22.7 Å². The molecule has 128 valence electrons. The molecule has 0 atom stereocenters. The van der Waals surface area contributed by atoms with Crippen molar-refractivity contribution in [1.82, 2.24) is 0 Å². The van der Waals surface area contributed by atoms with E-state index in [0.29, 0.717) is 11.3 Å². The molecule has 1 N–H and O–H groups in total. The summed E-state index contributed by atoms with van der Waals surface area (Å²) < 4.78 is 43.9. The second kappa shape index (κ2) is 7.13. The van der Waals surface area contributed by atoms with Crippen molar-refractivity contribution in [3.8, 4) is 5.75 Å². The molecule has 2 rings (SSSR count). The molecule has 0 bridgehead atoms. The Kier molecular flexibility index (Phi) is 5.39. The van der Waals surface area contributed by atoms with Crippen molar-refractivity contribution in [2.24, 2.45) is 0 Å². The Morgan fingerprint density at radius 3 is 2.29 bits per heavy atom. The van der Waals surface area contributed by atoms with Gasteiger partial charge in [0.1, 0.15) is 5.75 Å². The first-order valence-electron chi connectivity index (χ1n) is 7.11. The maximum absolute atomic E-state index is 12.8. The molecule has 0 saturated carbocycles. The molecule has 24 heavy (non-hydrogen) atoms. The predicted octanol–water partition coefficient (Wildman–Crippen LogP) is 5.40. The number of ether oxygens (including phenoxy) is 1. The van der Waals surface area contributed by atoms with E-state index in [1.165, 1.54) is 18.2 Å². The maximum atomic E-state index is 12.8.